The maximum Gasteiger partial charge on any atom is 0.179 e. The van der Waals surface area contributed by atoms with Gasteiger partial charge in [0.1, 0.15) is 5.75 Å². The van der Waals surface area contributed by atoms with Crippen LogP contribution in [-0.4, -0.2) is 11.5 Å². The highest BCUT2D eigenvalue weighted by atomic mass is 16.5. The number of hydrogen-bond acceptors (Lipinski definition) is 4. The van der Waals surface area contributed by atoms with Gasteiger partial charge in [-0.25, -0.2) is 5.21 Å². The summed E-state index contributed by atoms with van der Waals surface area (Å²) < 4.78 is 5.57. The number of carbonyl (C=O) groups is 1. The predicted octanol–water partition coefficient (Wildman–Crippen LogP) is 1.46. The fraction of sp³-hybridized carbons (Fsp3) is 0.0667. The number of benzene rings is 2. The van der Waals surface area contributed by atoms with Gasteiger partial charge >= 0.3 is 0 Å². The quantitative estimate of drug-likeness (QED) is 0.489. The highest BCUT2D eigenvalue weighted by molar-refractivity contribution is 5.61. The lowest BCUT2D eigenvalue weighted by atomic mass is 10.1. The van der Waals surface area contributed by atoms with E-state index in [1.165, 1.54) is 0 Å². The van der Waals surface area contributed by atoms with Gasteiger partial charge in [-0.2, -0.15) is 10.7 Å². The van der Waals surface area contributed by atoms with Crippen LogP contribution in [0.1, 0.15) is 17.2 Å². The van der Waals surface area contributed by atoms with Crippen LogP contribution in [0.3, 0.4) is 0 Å². The third-order valence-electron chi connectivity index (χ3n) is 2.78. The van der Waals surface area contributed by atoms with Gasteiger partial charge in [-0.05, 0) is 36.4 Å². The number of hydrogen-bond donors (Lipinski definition) is 2. The van der Waals surface area contributed by atoms with Crippen LogP contribution in [0.15, 0.2) is 48.5 Å². The van der Waals surface area contributed by atoms with Crippen LogP contribution in [0.5, 0.6) is 5.75 Å². The highest BCUT2D eigenvalue weighted by Gasteiger charge is 2.12. The molecular formula is C15H13N2O3+. The zero-order valence-corrected chi connectivity index (χ0v) is 10.6. The van der Waals surface area contributed by atoms with Crippen molar-refractivity contribution in [1.29, 1.82) is 5.26 Å². The summed E-state index contributed by atoms with van der Waals surface area (Å²) in [7, 11) is 0. The van der Waals surface area contributed by atoms with Gasteiger partial charge in [0, 0.05) is 17.7 Å². The Bertz CT molecular complexity index is 615. The van der Waals surface area contributed by atoms with Crippen molar-refractivity contribution in [2.24, 2.45) is 0 Å². The predicted molar refractivity (Wildman–Crippen MR) is 70.4 cm³/mol. The molecule has 20 heavy (non-hydrogen) atoms. The van der Waals surface area contributed by atoms with E-state index in [-0.39, 0.29) is 0 Å². The normalized spacial score (nSPS) is 11.4. The first kappa shape index (κ1) is 13.7. The van der Waals surface area contributed by atoms with E-state index in [9.17, 15) is 4.79 Å². The van der Waals surface area contributed by atoms with Gasteiger partial charge in [-0.15, -0.1) is 0 Å². The highest BCUT2D eigenvalue weighted by Crippen LogP contribution is 2.21. The minimum absolute atomic E-state index is 0.513. The number of ether oxygens (including phenoxy) is 1. The van der Waals surface area contributed by atoms with Gasteiger partial charge in [0.2, 0.25) is 0 Å². The van der Waals surface area contributed by atoms with Crippen LogP contribution in [0, 0.1) is 11.3 Å². The molecule has 1 unspecified atom stereocenters. The van der Waals surface area contributed by atoms with E-state index in [2.05, 4.69) is 0 Å². The first-order valence-electron chi connectivity index (χ1n) is 5.96. The summed E-state index contributed by atoms with van der Waals surface area (Å²) >= 11 is 0. The molecule has 0 spiro atoms. The minimum Gasteiger partial charge on any atom is -0.478 e. The van der Waals surface area contributed by atoms with Crippen molar-refractivity contribution in [2.75, 3.05) is 0 Å². The smallest absolute Gasteiger partial charge is 0.179 e. The summed E-state index contributed by atoms with van der Waals surface area (Å²) in [5.74, 6) is 0.513. The molecule has 0 aliphatic heterocycles. The first-order valence-corrected chi connectivity index (χ1v) is 5.96. The van der Waals surface area contributed by atoms with Crippen LogP contribution < -0.4 is 10.2 Å². The largest absolute Gasteiger partial charge is 0.478 e. The average molecular weight is 269 g/mol. The lowest BCUT2D eigenvalue weighted by Gasteiger charge is -2.13. The summed E-state index contributed by atoms with van der Waals surface area (Å²) in [6.07, 6.45) is -0.0220. The fourth-order valence-electron chi connectivity index (χ4n) is 1.70. The summed E-state index contributed by atoms with van der Waals surface area (Å²) in [4.78, 5) is 11.2. The topological polar surface area (TPSA) is 86.9 Å². The average Bonchev–Trinajstić information content (AvgIpc) is 2.53. The third-order valence-corrected chi connectivity index (χ3v) is 2.78. The molecular weight excluding hydrogens is 256 g/mol. The van der Waals surface area contributed by atoms with E-state index in [0.717, 1.165) is 5.48 Å². The van der Waals surface area contributed by atoms with Crippen molar-refractivity contribution in [3.63, 3.8) is 0 Å². The van der Waals surface area contributed by atoms with Crippen LogP contribution >= 0.6 is 0 Å². The molecule has 0 aliphatic carbocycles. The Hall–Kier alpha value is -2.68. The molecule has 0 radical (unpaired) electrons. The third kappa shape index (κ3) is 3.20. The monoisotopic (exact) mass is 269 g/mol. The maximum atomic E-state index is 11.2. The van der Waals surface area contributed by atoms with E-state index in [1.807, 2.05) is 6.07 Å². The molecule has 0 aliphatic rings. The van der Waals surface area contributed by atoms with Gasteiger partial charge in [0.15, 0.2) is 18.1 Å². The number of nitriles is 1. The van der Waals surface area contributed by atoms with Crippen molar-refractivity contribution < 1.29 is 20.2 Å². The van der Waals surface area contributed by atoms with E-state index in [0.29, 0.717) is 28.8 Å². The molecule has 2 rings (SSSR count). The number of carbonyl (C=O) groups excluding carboxylic acids is 1. The van der Waals surface area contributed by atoms with E-state index >= 15 is 0 Å². The molecule has 2 aromatic rings. The number of quaternary nitrogens is 1. The lowest BCUT2D eigenvalue weighted by Crippen LogP contribution is -2.73. The van der Waals surface area contributed by atoms with Crippen LogP contribution in [0.4, 0.5) is 5.69 Å². The zero-order chi connectivity index (χ0) is 14.4. The van der Waals surface area contributed by atoms with Crippen LogP contribution in [-0.2, 0) is 4.79 Å². The second kappa shape index (κ2) is 6.48. The summed E-state index contributed by atoms with van der Waals surface area (Å²) in [5.41, 5.74) is 2.86. The van der Waals surface area contributed by atoms with Crippen molar-refractivity contribution in [3.8, 4) is 11.8 Å². The second-order valence-electron chi connectivity index (χ2n) is 4.11. The number of nitrogens with two attached hydrogens (primary N) is 1. The molecule has 1 atom stereocenters. The molecule has 0 aromatic heterocycles. The standard InChI is InChI=1S/C15H12N2O3/c16-9-11-1-7-14(8-2-11)20-15(10-18)12-3-5-13(17-19)6-4-12/h1-8,10,15,17,19H/p+1. The second-order valence-corrected chi connectivity index (χ2v) is 4.11. The molecule has 0 saturated carbocycles. The van der Waals surface area contributed by atoms with Crippen molar-refractivity contribution in [3.05, 3.63) is 59.7 Å². The number of aldehydes is 1. The number of nitrogens with zero attached hydrogens (tertiary/aromatic N) is 1. The van der Waals surface area contributed by atoms with Crippen molar-refractivity contribution in [1.82, 2.24) is 0 Å². The number of rotatable bonds is 5. The van der Waals surface area contributed by atoms with Crippen molar-refractivity contribution in [2.45, 2.75) is 6.10 Å². The maximum absolute atomic E-state index is 11.2. The van der Waals surface area contributed by atoms with Gasteiger partial charge < -0.3 is 4.74 Å². The van der Waals surface area contributed by atoms with Gasteiger partial charge in [0.05, 0.1) is 11.6 Å². The minimum atomic E-state index is -0.726. The van der Waals surface area contributed by atoms with Gasteiger partial charge in [0.25, 0.3) is 0 Å². The zero-order valence-electron chi connectivity index (χ0n) is 10.6. The molecule has 3 N–H and O–H groups in total. The Morgan fingerprint density at radius 1 is 1.15 bits per heavy atom. The van der Waals surface area contributed by atoms with Gasteiger partial charge in [-0.1, -0.05) is 0 Å². The molecule has 100 valence electrons. The Labute approximate surface area is 116 Å². The van der Waals surface area contributed by atoms with Crippen LogP contribution in [0.2, 0.25) is 0 Å². The summed E-state index contributed by atoms with van der Waals surface area (Å²) in [6.45, 7) is 0. The molecule has 5 nitrogen and oxygen atoms in total. The van der Waals surface area contributed by atoms with E-state index in [4.69, 9.17) is 15.2 Å². The summed E-state index contributed by atoms with van der Waals surface area (Å²) in [5, 5.41) is 17.6. The fourth-order valence-corrected chi connectivity index (χ4v) is 1.70. The molecule has 0 fully saturated rings. The van der Waals surface area contributed by atoms with Gasteiger partial charge in [-0.3, -0.25) is 4.79 Å². The molecule has 0 saturated heterocycles. The molecule has 0 bridgehead atoms. The molecule has 0 heterocycles. The molecule has 0 amide bonds. The molecule has 5 heteroatoms. The van der Waals surface area contributed by atoms with E-state index in [1.54, 1.807) is 48.5 Å². The summed E-state index contributed by atoms with van der Waals surface area (Å²) in [6, 6.07) is 15.4. The molecule has 2 aromatic carbocycles. The van der Waals surface area contributed by atoms with Crippen LogP contribution in [0.25, 0.3) is 0 Å². The Morgan fingerprint density at radius 3 is 2.30 bits per heavy atom. The Morgan fingerprint density at radius 2 is 1.80 bits per heavy atom. The SMILES string of the molecule is N#Cc1ccc(OC(C=O)c2ccc([NH2+]O)cc2)cc1. The first-order chi connectivity index (χ1) is 9.76. The van der Waals surface area contributed by atoms with Crippen molar-refractivity contribution >= 4 is 12.0 Å². The Balaban J connectivity index is 2.15. The Kier molecular flexibility index (Phi) is 4.45. The van der Waals surface area contributed by atoms with E-state index < -0.39 is 6.10 Å². The lowest BCUT2D eigenvalue weighted by molar-refractivity contribution is -0.825.